The summed E-state index contributed by atoms with van der Waals surface area (Å²) in [6.45, 7) is 4.58. The molecular weight excluding hydrogens is 330 g/mol. The molecular formula is C24H29N3. The monoisotopic (exact) mass is 359 g/mol. The number of pyridine rings is 1. The summed E-state index contributed by atoms with van der Waals surface area (Å²) in [7, 11) is 0. The predicted molar refractivity (Wildman–Crippen MR) is 114 cm³/mol. The molecule has 1 aromatic heterocycles. The number of aromatic nitrogens is 1. The Hall–Kier alpha value is -2.39. The van der Waals surface area contributed by atoms with E-state index in [0.29, 0.717) is 6.17 Å². The van der Waals surface area contributed by atoms with Gasteiger partial charge in [0.25, 0.3) is 0 Å². The van der Waals surface area contributed by atoms with Gasteiger partial charge in [-0.1, -0.05) is 61.5 Å². The molecule has 27 heavy (non-hydrogen) atoms. The largest absolute Gasteiger partial charge is 0.354 e. The van der Waals surface area contributed by atoms with Crippen molar-refractivity contribution in [3.63, 3.8) is 0 Å². The van der Waals surface area contributed by atoms with Gasteiger partial charge >= 0.3 is 0 Å². The van der Waals surface area contributed by atoms with Gasteiger partial charge in [0.15, 0.2) is 0 Å². The van der Waals surface area contributed by atoms with Crippen molar-refractivity contribution in [2.45, 2.75) is 38.8 Å². The zero-order valence-electron chi connectivity index (χ0n) is 16.1. The van der Waals surface area contributed by atoms with Crippen LogP contribution in [0.4, 0.5) is 5.82 Å². The summed E-state index contributed by atoms with van der Waals surface area (Å²) in [5.41, 5.74) is 1.47. The average molecular weight is 360 g/mol. The Morgan fingerprint density at radius 1 is 1.00 bits per heavy atom. The molecule has 1 N–H and O–H groups in total. The van der Waals surface area contributed by atoms with Crippen LogP contribution in [0.5, 0.6) is 0 Å². The quantitative estimate of drug-likeness (QED) is 0.644. The Morgan fingerprint density at radius 3 is 2.52 bits per heavy atom. The maximum absolute atomic E-state index is 4.62. The molecule has 3 nitrogen and oxygen atoms in total. The van der Waals surface area contributed by atoms with Gasteiger partial charge in [0.1, 0.15) is 5.82 Å². The Morgan fingerprint density at radius 2 is 1.74 bits per heavy atom. The number of benzene rings is 2. The maximum atomic E-state index is 4.62. The number of fused-ring (bicyclic) bond motifs is 1. The van der Waals surface area contributed by atoms with E-state index in [0.717, 1.165) is 31.2 Å². The Bertz CT molecular complexity index is 848. The zero-order valence-corrected chi connectivity index (χ0v) is 16.1. The molecule has 0 aliphatic carbocycles. The highest BCUT2D eigenvalue weighted by Crippen LogP contribution is 2.26. The molecule has 0 radical (unpaired) electrons. The highest BCUT2D eigenvalue weighted by atomic mass is 15.3. The zero-order chi connectivity index (χ0) is 18.5. The Kier molecular flexibility index (Phi) is 5.69. The van der Waals surface area contributed by atoms with Crippen molar-refractivity contribution in [1.82, 2.24) is 9.88 Å². The van der Waals surface area contributed by atoms with Crippen LogP contribution < -0.4 is 5.32 Å². The first-order valence-corrected chi connectivity index (χ1v) is 10.2. The first-order valence-electron chi connectivity index (χ1n) is 10.2. The van der Waals surface area contributed by atoms with Crippen LogP contribution in [0.2, 0.25) is 0 Å². The molecule has 3 heteroatoms. The van der Waals surface area contributed by atoms with Crippen LogP contribution in [-0.4, -0.2) is 29.1 Å². The Balaban J connectivity index is 1.39. The van der Waals surface area contributed by atoms with Gasteiger partial charge < -0.3 is 5.32 Å². The summed E-state index contributed by atoms with van der Waals surface area (Å²) in [6.07, 6.45) is 7.09. The number of nitrogens with one attached hydrogen (secondary N) is 1. The molecule has 0 saturated carbocycles. The molecule has 1 atom stereocenters. The van der Waals surface area contributed by atoms with E-state index in [2.05, 4.69) is 82.8 Å². The van der Waals surface area contributed by atoms with E-state index in [9.17, 15) is 0 Å². The van der Waals surface area contributed by atoms with Gasteiger partial charge in [-0.05, 0) is 48.6 Å². The lowest BCUT2D eigenvalue weighted by Crippen LogP contribution is -2.45. The molecule has 1 aliphatic rings. The lowest BCUT2D eigenvalue weighted by molar-refractivity contribution is 0.142. The lowest BCUT2D eigenvalue weighted by Gasteiger charge is -2.38. The minimum atomic E-state index is 0.348. The average Bonchev–Trinajstić information content (AvgIpc) is 2.73. The summed E-state index contributed by atoms with van der Waals surface area (Å²) in [5, 5.41) is 6.17. The first kappa shape index (κ1) is 18.0. The van der Waals surface area contributed by atoms with Crippen molar-refractivity contribution in [3.05, 3.63) is 72.4 Å². The molecule has 1 saturated heterocycles. The van der Waals surface area contributed by atoms with Crippen LogP contribution in [-0.2, 0) is 6.42 Å². The molecule has 0 amide bonds. The topological polar surface area (TPSA) is 28.2 Å². The van der Waals surface area contributed by atoms with Crippen LogP contribution >= 0.6 is 0 Å². The molecule has 3 aromatic rings. The van der Waals surface area contributed by atoms with Crippen molar-refractivity contribution in [1.29, 1.82) is 0 Å². The van der Waals surface area contributed by atoms with Crippen molar-refractivity contribution < 1.29 is 0 Å². The fourth-order valence-corrected chi connectivity index (χ4v) is 4.26. The molecule has 1 fully saturated rings. The fraction of sp³-hybridized carbons (Fsp3) is 0.375. The van der Waals surface area contributed by atoms with E-state index >= 15 is 0 Å². The van der Waals surface area contributed by atoms with Gasteiger partial charge in [0, 0.05) is 24.7 Å². The van der Waals surface area contributed by atoms with Gasteiger partial charge in [-0.15, -0.1) is 0 Å². The van der Waals surface area contributed by atoms with Gasteiger partial charge in [-0.3, -0.25) is 4.90 Å². The Labute approximate surface area is 162 Å². The summed E-state index contributed by atoms with van der Waals surface area (Å²) in [6, 6.07) is 21.5. The molecule has 0 spiro atoms. The number of likely N-dealkylation sites (tertiary alicyclic amines) is 1. The number of anilines is 1. The third-order valence-electron chi connectivity index (χ3n) is 5.82. The van der Waals surface area contributed by atoms with Crippen molar-refractivity contribution in [2.75, 3.05) is 18.4 Å². The predicted octanol–water partition coefficient (Wildman–Crippen LogP) is 5.34. The standard InChI is InChI=1S/C24H29N3/c1-2-23(26-24-22-11-7-6-10-21(22)12-15-25-24)27-16-13-20(14-17-27)18-19-8-4-3-5-9-19/h3-12,15,20,23H,2,13-14,16-18H2,1H3,(H,25,26). The van der Waals surface area contributed by atoms with Crippen LogP contribution in [0.15, 0.2) is 66.9 Å². The van der Waals surface area contributed by atoms with Gasteiger partial charge in [0.05, 0.1) is 6.17 Å². The maximum Gasteiger partial charge on any atom is 0.135 e. The second-order valence-corrected chi connectivity index (χ2v) is 7.62. The van der Waals surface area contributed by atoms with E-state index < -0.39 is 0 Å². The second-order valence-electron chi connectivity index (χ2n) is 7.62. The van der Waals surface area contributed by atoms with E-state index in [1.807, 2.05) is 6.20 Å². The van der Waals surface area contributed by atoms with Gasteiger partial charge in [0.2, 0.25) is 0 Å². The molecule has 2 heterocycles. The van der Waals surface area contributed by atoms with Crippen molar-refractivity contribution in [3.8, 4) is 0 Å². The van der Waals surface area contributed by atoms with E-state index in [1.54, 1.807) is 0 Å². The molecule has 4 rings (SSSR count). The number of hydrogen-bond donors (Lipinski definition) is 1. The third-order valence-corrected chi connectivity index (χ3v) is 5.82. The minimum Gasteiger partial charge on any atom is -0.354 e. The fourth-order valence-electron chi connectivity index (χ4n) is 4.26. The SMILES string of the molecule is CCC(Nc1nccc2ccccc12)N1CCC(Cc2ccccc2)CC1. The van der Waals surface area contributed by atoms with Crippen molar-refractivity contribution in [2.24, 2.45) is 5.92 Å². The number of rotatable bonds is 6. The minimum absolute atomic E-state index is 0.348. The molecule has 140 valence electrons. The summed E-state index contributed by atoms with van der Waals surface area (Å²) >= 11 is 0. The van der Waals surface area contributed by atoms with Crippen LogP contribution in [0.25, 0.3) is 10.8 Å². The molecule has 1 unspecified atom stereocenters. The van der Waals surface area contributed by atoms with E-state index in [-0.39, 0.29) is 0 Å². The molecule has 2 aromatic carbocycles. The van der Waals surface area contributed by atoms with Crippen molar-refractivity contribution >= 4 is 16.6 Å². The normalized spacial score (nSPS) is 17.1. The highest BCUT2D eigenvalue weighted by Gasteiger charge is 2.24. The van der Waals surface area contributed by atoms with Gasteiger partial charge in [-0.2, -0.15) is 0 Å². The van der Waals surface area contributed by atoms with Crippen LogP contribution in [0.1, 0.15) is 31.7 Å². The first-order chi connectivity index (χ1) is 13.3. The molecule has 1 aliphatic heterocycles. The number of piperidine rings is 1. The number of nitrogens with zero attached hydrogens (tertiary/aromatic N) is 2. The number of hydrogen-bond acceptors (Lipinski definition) is 3. The molecule has 0 bridgehead atoms. The summed E-state index contributed by atoms with van der Waals surface area (Å²) in [4.78, 5) is 7.22. The lowest BCUT2D eigenvalue weighted by atomic mass is 9.90. The van der Waals surface area contributed by atoms with Crippen LogP contribution in [0, 0.1) is 5.92 Å². The van der Waals surface area contributed by atoms with Crippen LogP contribution in [0.3, 0.4) is 0 Å². The smallest absolute Gasteiger partial charge is 0.135 e. The second kappa shape index (κ2) is 8.53. The van der Waals surface area contributed by atoms with E-state index in [1.165, 1.54) is 35.6 Å². The highest BCUT2D eigenvalue weighted by molar-refractivity contribution is 5.91. The third kappa shape index (κ3) is 4.30. The van der Waals surface area contributed by atoms with E-state index in [4.69, 9.17) is 0 Å². The summed E-state index contributed by atoms with van der Waals surface area (Å²) in [5.74, 6) is 1.81. The summed E-state index contributed by atoms with van der Waals surface area (Å²) < 4.78 is 0. The van der Waals surface area contributed by atoms with Gasteiger partial charge in [-0.25, -0.2) is 4.98 Å².